The predicted octanol–water partition coefficient (Wildman–Crippen LogP) is 4.45. The number of hydrogen-bond acceptors (Lipinski definition) is 7. The van der Waals surface area contributed by atoms with Crippen LogP contribution in [0.4, 0.5) is 0 Å². The summed E-state index contributed by atoms with van der Waals surface area (Å²) in [5.74, 6) is 0.284. The second-order valence-electron chi connectivity index (χ2n) is 6.43. The van der Waals surface area contributed by atoms with E-state index in [0.29, 0.717) is 23.5 Å². The molecule has 2 aromatic carbocycles. The summed E-state index contributed by atoms with van der Waals surface area (Å²) >= 11 is 1.68. The fourth-order valence-electron chi connectivity index (χ4n) is 2.90. The van der Waals surface area contributed by atoms with Gasteiger partial charge in [0, 0.05) is 12.5 Å². The van der Waals surface area contributed by atoms with Crippen LogP contribution in [0.2, 0.25) is 0 Å². The van der Waals surface area contributed by atoms with E-state index in [2.05, 4.69) is 11.1 Å². The molecule has 0 bridgehead atoms. The zero-order chi connectivity index (χ0) is 20.6. The lowest BCUT2D eigenvalue weighted by Crippen LogP contribution is -2.14. The molecule has 3 rings (SSSR count). The number of fused-ring (bicyclic) bond motifs is 1. The summed E-state index contributed by atoms with van der Waals surface area (Å²) in [5.41, 5.74) is 1.37. The Bertz CT molecular complexity index is 965. The number of unbranched alkanes of at least 4 members (excludes halogenated alkanes) is 1. The average Bonchev–Trinajstić information content (AvgIpc) is 3.17. The maximum absolute atomic E-state index is 12.3. The molecule has 152 valence electrons. The Morgan fingerprint density at radius 1 is 1.03 bits per heavy atom. The van der Waals surface area contributed by atoms with Gasteiger partial charge in [0.25, 0.3) is 0 Å². The van der Waals surface area contributed by atoms with Gasteiger partial charge in [-0.15, -0.1) is 11.3 Å². The van der Waals surface area contributed by atoms with E-state index in [1.165, 1.54) is 18.9 Å². The number of para-hydroxylation sites is 1. The quantitative estimate of drug-likeness (QED) is 0.278. The third kappa shape index (κ3) is 5.54. The minimum atomic E-state index is -0.380. The number of benzene rings is 2. The van der Waals surface area contributed by atoms with Gasteiger partial charge in [0.2, 0.25) is 5.78 Å². The number of thiazole rings is 1. The largest absolute Gasteiger partial charge is 0.497 e. The van der Waals surface area contributed by atoms with Gasteiger partial charge in [-0.3, -0.25) is 9.59 Å². The summed E-state index contributed by atoms with van der Waals surface area (Å²) in [5, 5.41) is 1.07. The summed E-state index contributed by atoms with van der Waals surface area (Å²) in [6.45, 7) is -0.306. The number of esters is 1. The van der Waals surface area contributed by atoms with Crippen LogP contribution in [-0.4, -0.2) is 37.6 Å². The van der Waals surface area contributed by atoms with Crippen molar-refractivity contribution in [3.63, 3.8) is 0 Å². The number of hydrogen-bond donors (Lipinski definition) is 0. The Morgan fingerprint density at radius 2 is 1.86 bits per heavy atom. The van der Waals surface area contributed by atoms with Crippen molar-refractivity contribution in [2.75, 3.05) is 20.8 Å². The van der Waals surface area contributed by atoms with E-state index in [4.69, 9.17) is 14.2 Å². The number of ether oxygens (including phenoxy) is 3. The molecule has 0 aliphatic heterocycles. The predicted molar refractivity (Wildman–Crippen MR) is 112 cm³/mol. The zero-order valence-electron chi connectivity index (χ0n) is 16.5. The van der Waals surface area contributed by atoms with Crippen LogP contribution in [0.1, 0.15) is 34.6 Å². The van der Waals surface area contributed by atoms with Gasteiger partial charge < -0.3 is 14.2 Å². The summed E-state index contributed by atoms with van der Waals surface area (Å²) in [7, 11) is 3.01. The second-order valence-corrected chi connectivity index (χ2v) is 7.55. The van der Waals surface area contributed by atoms with E-state index >= 15 is 0 Å². The molecule has 0 spiro atoms. The molecule has 1 heterocycles. The Kier molecular flexibility index (Phi) is 7.19. The Labute approximate surface area is 173 Å². The van der Waals surface area contributed by atoms with Crippen molar-refractivity contribution in [2.24, 2.45) is 0 Å². The molecule has 0 aliphatic rings. The van der Waals surface area contributed by atoms with Gasteiger partial charge in [0.1, 0.15) is 11.5 Å². The molecule has 0 N–H and O–H groups in total. The van der Waals surface area contributed by atoms with E-state index < -0.39 is 0 Å². The van der Waals surface area contributed by atoms with Gasteiger partial charge >= 0.3 is 5.97 Å². The van der Waals surface area contributed by atoms with E-state index in [9.17, 15) is 9.59 Å². The van der Waals surface area contributed by atoms with Crippen molar-refractivity contribution in [3.8, 4) is 11.5 Å². The van der Waals surface area contributed by atoms with Gasteiger partial charge in [-0.2, -0.15) is 0 Å². The lowest BCUT2D eigenvalue weighted by molar-refractivity contribution is -0.142. The van der Waals surface area contributed by atoms with Crippen LogP contribution in [0.25, 0.3) is 10.2 Å². The van der Waals surface area contributed by atoms with E-state index in [0.717, 1.165) is 23.4 Å². The topological polar surface area (TPSA) is 74.7 Å². The molecule has 0 aliphatic carbocycles. The lowest BCUT2D eigenvalue weighted by Gasteiger charge is -2.10. The van der Waals surface area contributed by atoms with Crippen molar-refractivity contribution in [2.45, 2.75) is 25.7 Å². The van der Waals surface area contributed by atoms with E-state index in [1.54, 1.807) is 29.5 Å². The van der Waals surface area contributed by atoms with Crippen LogP contribution >= 0.6 is 11.3 Å². The van der Waals surface area contributed by atoms with E-state index in [-0.39, 0.29) is 24.8 Å². The standard InChI is InChI=1S/C22H23NO5S/c1-26-15-11-12-16(19(13-15)27-2)18(24)14-28-22(25)10-6-5-9-21-23-17-7-3-4-8-20(17)29-21/h3-4,7-8,11-13H,5-6,9-10,14H2,1-2H3. The number of carbonyl (C=O) groups is 2. The molecule has 29 heavy (non-hydrogen) atoms. The molecule has 0 amide bonds. The second kappa shape index (κ2) is 10.0. The molecule has 0 atom stereocenters. The minimum Gasteiger partial charge on any atom is -0.497 e. The van der Waals surface area contributed by atoms with Crippen molar-refractivity contribution in [1.29, 1.82) is 0 Å². The highest BCUT2D eigenvalue weighted by atomic mass is 32.1. The van der Waals surface area contributed by atoms with Crippen LogP contribution in [-0.2, 0) is 16.0 Å². The van der Waals surface area contributed by atoms with Gasteiger partial charge in [-0.1, -0.05) is 12.1 Å². The fourth-order valence-corrected chi connectivity index (χ4v) is 3.91. The molecular formula is C22H23NO5S. The Hall–Kier alpha value is -2.93. The lowest BCUT2D eigenvalue weighted by atomic mass is 10.1. The number of rotatable bonds is 10. The molecule has 3 aromatic rings. The monoisotopic (exact) mass is 413 g/mol. The fraction of sp³-hybridized carbons (Fsp3) is 0.318. The number of ketones is 1. The maximum atomic E-state index is 12.3. The van der Waals surface area contributed by atoms with Crippen molar-refractivity contribution >= 4 is 33.3 Å². The summed E-state index contributed by atoms with van der Waals surface area (Å²) in [4.78, 5) is 28.9. The molecule has 0 fully saturated rings. The van der Waals surface area contributed by atoms with Gasteiger partial charge in [0.05, 0.1) is 35.0 Å². The smallest absolute Gasteiger partial charge is 0.306 e. The number of nitrogens with zero attached hydrogens (tertiary/aromatic N) is 1. The third-order valence-corrected chi connectivity index (χ3v) is 5.53. The highest BCUT2D eigenvalue weighted by Crippen LogP contribution is 2.25. The van der Waals surface area contributed by atoms with Crippen molar-refractivity contribution in [1.82, 2.24) is 4.98 Å². The first kappa shape index (κ1) is 20.8. The minimum absolute atomic E-state index is 0.276. The Balaban J connectivity index is 1.41. The van der Waals surface area contributed by atoms with Crippen LogP contribution in [0.3, 0.4) is 0 Å². The normalized spacial score (nSPS) is 10.7. The SMILES string of the molecule is COc1ccc(C(=O)COC(=O)CCCCc2nc3ccccc3s2)c(OC)c1. The molecule has 0 unspecified atom stereocenters. The average molecular weight is 413 g/mol. The summed E-state index contributed by atoms with van der Waals surface area (Å²) < 4.78 is 16.6. The van der Waals surface area contributed by atoms with Gasteiger partial charge in [0.15, 0.2) is 6.61 Å². The number of methoxy groups -OCH3 is 2. The summed E-state index contributed by atoms with van der Waals surface area (Å²) in [6, 6.07) is 12.9. The van der Waals surface area contributed by atoms with Crippen molar-refractivity contribution in [3.05, 3.63) is 53.0 Å². The highest BCUT2D eigenvalue weighted by Gasteiger charge is 2.15. The van der Waals surface area contributed by atoms with E-state index in [1.807, 2.05) is 18.2 Å². The first-order valence-electron chi connectivity index (χ1n) is 9.36. The molecule has 0 radical (unpaired) electrons. The van der Waals surface area contributed by atoms with Crippen LogP contribution in [0.15, 0.2) is 42.5 Å². The molecule has 7 heteroatoms. The highest BCUT2D eigenvalue weighted by molar-refractivity contribution is 7.18. The van der Waals surface area contributed by atoms with Crippen LogP contribution in [0, 0.1) is 0 Å². The maximum Gasteiger partial charge on any atom is 0.306 e. The number of Topliss-reactive ketones (excluding diaryl/α,β-unsaturated/α-hetero) is 1. The Morgan fingerprint density at radius 3 is 2.62 bits per heavy atom. The van der Waals surface area contributed by atoms with Crippen molar-refractivity contribution < 1.29 is 23.8 Å². The van der Waals surface area contributed by atoms with Crippen LogP contribution < -0.4 is 9.47 Å². The molecular weight excluding hydrogens is 390 g/mol. The third-order valence-electron chi connectivity index (χ3n) is 4.43. The first-order chi connectivity index (χ1) is 14.1. The number of aromatic nitrogens is 1. The molecule has 6 nitrogen and oxygen atoms in total. The zero-order valence-corrected chi connectivity index (χ0v) is 17.3. The first-order valence-corrected chi connectivity index (χ1v) is 10.2. The van der Waals surface area contributed by atoms with Crippen LogP contribution in [0.5, 0.6) is 11.5 Å². The van der Waals surface area contributed by atoms with Gasteiger partial charge in [-0.05, 0) is 43.5 Å². The number of carbonyl (C=O) groups excluding carboxylic acids is 2. The molecule has 0 saturated heterocycles. The number of aryl methyl sites for hydroxylation is 1. The molecule has 0 saturated carbocycles. The molecule has 1 aromatic heterocycles. The van der Waals surface area contributed by atoms with Gasteiger partial charge in [-0.25, -0.2) is 4.98 Å². The summed E-state index contributed by atoms with van der Waals surface area (Å²) in [6.07, 6.45) is 2.64.